The average Bonchev–Trinajstić information content (AvgIpc) is 3.22. The quantitative estimate of drug-likeness (QED) is 0.656. The number of halogens is 1. The first-order chi connectivity index (χ1) is 15.0. The molecule has 31 heavy (non-hydrogen) atoms. The molecule has 0 bridgehead atoms. The zero-order valence-corrected chi connectivity index (χ0v) is 18.1. The van der Waals surface area contributed by atoms with Crippen LogP contribution in [0.2, 0.25) is 0 Å². The minimum Gasteiger partial charge on any atom is -0.383 e. The van der Waals surface area contributed by atoms with E-state index in [9.17, 15) is 9.18 Å². The maximum Gasteiger partial charge on any atom is 0.255 e. The Morgan fingerprint density at radius 1 is 1.29 bits per heavy atom. The molecule has 4 rings (SSSR count). The van der Waals surface area contributed by atoms with Crippen LogP contribution in [-0.2, 0) is 17.8 Å². The summed E-state index contributed by atoms with van der Waals surface area (Å²) in [6, 6.07) is 7.05. The molecule has 1 fully saturated rings. The number of aromatic nitrogens is 2. The van der Waals surface area contributed by atoms with Crippen LogP contribution >= 0.6 is 0 Å². The van der Waals surface area contributed by atoms with Gasteiger partial charge in [-0.1, -0.05) is 12.1 Å². The number of hydrogen-bond donors (Lipinski definition) is 1. The Bertz CT molecular complexity index is 1090. The molecular formula is C24H29FN4O2. The Morgan fingerprint density at radius 3 is 2.77 bits per heavy atom. The van der Waals surface area contributed by atoms with Crippen molar-refractivity contribution in [3.63, 3.8) is 0 Å². The third kappa shape index (κ3) is 4.20. The van der Waals surface area contributed by atoms with Crippen LogP contribution in [0.3, 0.4) is 0 Å². The van der Waals surface area contributed by atoms with Crippen LogP contribution < -0.4 is 5.73 Å². The van der Waals surface area contributed by atoms with E-state index in [1.54, 1.807) is 19.4 Å². The fourth-order valence-corrected chi connectivity index (χ4v) is 4.52. The van der Waals surface area contributed by atoms with Gasteiger partial charge in [0.15, 0.2) is 0 Å². The van der Waals surface area contributed by atoms with E-state index in [1.165, 1.54) is 6.07 Å². The maximum absolute atomic E-state index is 14.4. The number of likely N-dealkylation sites (tertiary alicyclic amines) is 1. The number of aryl methyl sites for hydroxylation is 1. The van der Waals surface area contributed by atoms with Crippen molar-refractivity contribution in [3.8, 4) is 0 Å². The number of carbonyl (C=O) groups excluding carboxylic acids is 1. The predicted molar refractivity (Wildman–Crippen MR) is 119 cm³/mol. The Morgan fingerprint density at radius 2 is 2.06 bits per heavy atom. The van der Waals surface area contributed by atoms with Crippen molar-refractivity contribution in [2.24, 2.45) is 5.73 Å². The molecule has 3 aromatic rings. The molecule has 3 heterocycles. The molecule has 0 radical (unpaired) electrons. The molecule has 1 aliphatic heterocycles. The van der Waals surface area contributed by atoms with Crippen LogP contribution in [0.5, 0.6) is 0 Å². The van der Waals surface area contributed by atoms with Gasteiger partial charge in [-0.25, -0.2) is 4.39 Å². The number of ether oxygens (including phenoxy) is 1. The number of hydrogen-bond acceptors (Lipinski definition) is 4. The minimum absolute atomic E-state index is 0.0129. The van der Waals surface area contributed by atoms with E-state index < -0.39 is 0 Å². The van der Waals surface area contributed by atoms with E-state index >= 15 is 0 Å². The Kier molecular flexibility index (Phi) is 6.34. The Hall–Kier alpha value is -2.77. The molecule has 2 N–H and O–H groups in total. The fraction of sp³-hybridized carbons (Fsp3) is 0.417. The van der Waals surface area contributed by atoms with E-state index in [4.69, 9.17) is 10.5 Å². The monoisotopic (exact) mass is 424 g/mol. The second kappa shape index (κ2) is 9.16. The number of carbonyl (C=O) groups is 1. The minimum atomic E-state index is -0.190. The van der Waals surface area contributed by atoms with E-state index in [0.29, 0.717) is 43.9 Å². The van der Waals surface area contributed by atoms with Crippen molar-refractivity contribution in [2.45, 2.75) is 38.8 Å². The van der Waals surface area contributed by atoms with Gasteiger partial charge in [0.1, 0.15) is 5.82 Å². The number of benzene rings is 1. The summed E-state index contributed by atoms with van der Waals surface area (Å²) in [5.74, 6) is -0.103. The number of methoxy groups -OCH3 is 1. The van der Waals surface area contributed by atoms with E-state index in [2.05, 4.69) is 9.55 Å². The molecule has 0 aliphatic carbocycles. The zero-order valence-electron chi connectivity index (χ0n) is 18.1. The van der Waals surface area contributed by atoms with Gasteiger partial charge in [0, 0.05) is 45.7 Å². The third-order valence-electron chi connectivity index (χ3n) is 6.32. The smallest absolute Gasteiger partial charge is 0.255 e. The number of piperidine rings is 1. The van der Waals surface area contributed by atoms with Gasteiger partial charge >= 0.3 is 0 Å². The first-order valence-corrected chi connectivity index (χ1v) is 10.7. The van der Waals surface area contributed by atoms with Crippen LogP contribution in [-0.4, -0.2) is 47.2 Å². The van der Waals surface area contributed by atoms with Crippen LogP contribution in [0.15, 0.2) is 36.7 Å². The summed E-state index contributed by atoms with van der Waals surface area (Å²) in [7, 11) is 1.67. The highest BCUT2D eigenvalue weighted by atomic mass is 19.1. The normalized spacial score (nSPS) is 15.0. The highest BCUT2D eigenvalue weighted by Crippen LogP contribution is 2.32. The molecule has 2 aromatic heterocycles. The first kappa shape index (κ1) is 21.5. The van der Waals surface area contributed by atoms with E-state index in [1.807, 2.05) is 30.2 Å². The Labute approximate surface area is 181 Å². The lowest BCUT2D eigenvalue weighted by atomic mass is 9.88. The molecule has 1 amide bonds. The van der Waals surface area contributed by atoms with Crippen LogP contribution in [0.1, 0.15) is 45.8 Å². The molecule has 164 valence electrons. The van der Waals surface area contributed by atoms with E-state index in [0.717, 1.165) is 35.0 Å². The standard InChI is InChI=1S/C24H29FN4O2/c1-16-20(15-27-22-7-10-28(23(16)22)11-12-31-2)24(30)29-8-5-18(6-9-29)19-13-17(14-26)3-4-21(19)25/h3-4,7,10,13,15,18H,5-6,8-9,11-12,14,26H2,1-2H3. The molecule has 1 aromatic carbocycles. The number of nitrogens with two attached hydrogens (primary N) is 1. The van der Waals surface area contributed by atoms with Crippen molar-refractivity contribution in [2.75, 3.05) is 26.8 Å². The highest BCUT2D eigenvalue weighted by Gasteiger charge is 2.27. The molecular weight excluding hydrogens is 395 g/mol. The SMILES string of the molecule is COCCn1ccc2ncc(C(=O)N3CCC(c4cc(CN)ccc4F)CC3)c(C)c21. The molecule has 6 nitrogen and oxygen atoms in total. The van der Waals surface area contributed by atoms with Gasteiger partial charge in [-0.2, -0.15) is 0 Å². The predicted octanol–water partition coefficient (Wildman–Crippen LogP) is 3.61. The summed E-state index contributed by atoms with van der Waals surface area (Å²) in [6.45, 7) is 4.86. The van der Waals surface area contributed by atoms with E-state index in [-0.39, 0.29) is 17.6 Å². The highest BCUT2D eigenvalue weighted by molar-refractivity contribution is 5.99. The van der Waals surface area contributed by atoms with Gasteiger partial charge in [-0.3, -0.25) is 9.78 Å². The summed E-state index contributed by atoms with van der Waals surface area (Å²) >= 11 is 0. The summed E-state index contributed by atoms with van der Waals surface area (Å²) in [5, 5.41) is 0. The molecule has 1 aliphatic rings. The van der Waals surface area contributed by atoms with Gasteiger partial charge in [-0.05, 0) is 54.5 Å². The molecule has 7 heteroatoms. The summed E-state index contributed by atoms with van der Waals surface area (Å²) in [6.07, 6.45) is 5.12. The largest absolute Gasteiger partial charge is 0.383 e. The van der Waals surface area contributed by atoms with Gasteiger partial charge in [0.25, 0.3) is 5.91 Å². The number of pyridine rings is 1. The van der Waals surface area contributed by atoms with Crippen molar-refractivity contribution in [1.82, 2.24) is 14.5 Å². The topological polar surface area (TPSA) is 73.4 Å². The van der Waals surface area contributed by atoms with Crippen molar-refractivity contribution in [3.05, 3.63) is 64.7 Å². The van der Waals surface area contributed by atoms with Crippen LogP contribution in [0.25, 0.3) is 11.0 Å². The maximum atomic E-state index is 14.4. The van der Waals surface area contributed by atoms with Gasteiger partial charge < -0.3 is 19.9 Å². The van der Waals surface area contributed by atoms with Crippen molar-refractivity contribution < 1.29 is 13.9 Å². The second-order valence-corrected chi connectivity index (χ2v) is 8.16. The number of nitrogens with zero attached hydrogens (tertiary/aromatic N) is 3. The summed E-state index contributed by atoms with van der Waals surface area (Å²) in [5.41, 5.74) is 10.8. The first-order valence-electron chi connectivity index (χ1n) is 10.7. The molecule has 0 atom stereocenters. The lowest BCUT2D eigenvalue weighted by Gasteiger charge is -2.33. The van der Waals surface area contributed by atoms with Gasteiger partial charge in [-0.15, -0.1) is 0 Å². The zero-order chi connectivity index (χ0) is 22.0. The molecule has 1 saturated heterocycles. The van der Waals surface area contributed by atoms with Crippen LogP contribution in [0, 0.1) is 12.7 Å². The summed E-state index contributed by atoms with van der Waals surface area (Å²) < 4.78 is 21.6. The lowest BCUT2D eigenvalue weighted by Crippen LogP contribution is -2.38. The fourth-order valence-electron chi connectivity index (χ4n) is 4.52. The second-order valence-electron chi connectivity index (χ2n) is 8.16. The number of rotatable bonds is 6. The lowest BCUT2D eigenvalue weighted by molar-refractivity contribution is 0.0711. The number of fused-ring (bicyclic) bond motifs is 1. The Balaban J connectivity index is 1.51. The molecule has 0 saturated carbocycles. The molecule has 0 unspecified atom stereocenters. The molecule has 0 spiro atoms. The van der Waals surface area contributed by atoms with Crippen molar-refractivity contribution >= 4 is 16.9 Å². The average molecular weight is 425 g/mol. The van der Waals surface area contributed by atoms with Crippen LogP contribution in [0.4, 0.5) is 4.39 Å². The third-order valence-corrected chi connectivity index (χ3v) is 6.32. The van der Waals surface area contributed by atoms with Gasteiger partial charge in [0.2, 0.25) is 0 Å². The summed E-state index contributed by atoms with van der Waals surface area (Å²) in [4.78, 5) is 19.7. The van der Waals surface area contributed by atoms with Crippen molar-refractivity contribution in [1.29, 1.82) is 0 Å². The number of amides is 1. The van der Waals surface area contributed by atoms with Gasteiger partial charge in [0.05, 0.1) is 23.2 Å².